The van der Waals surface area contributed by atoms with Crippen LogP contribution in [0.15, 0.2) is 11.4 Å². The molecule has 4 heteroatoms. The number of carbonyl (C=O) groups is 1. The predicted octanol–water partition coefficient (Wildman–Crippen LogP) is 2.78. The number of rotatable bonds is 4. The number of thiophene rings is 1. The second-order valence-corrected chi connectivity index (χ2v) is 6.97. The van der Waals surface area contributed by atoms with Crippen LogP contribution in [0.1, 0.15) is 44.6 Å². The van der Waals surface area contributed by atoms with Crippen LogP contribution in [-0.2, 0) is 11.3 Å². The number of hydrogen-bond donors (Lipinski definition) is 2. The van der Waals surface area contributed by atoms with Crippen LogP contribution in [0, 0.1) is 23.2 Å². The molecule has 1 atom stereocenters. The topological polar surface area (TPSA) is 49.3 Å². The summed E-state index contributed by atoms with van der Waals surface area (Å²) >= 11 is 1.57. The minimum Gasteiger partial charge on any atom is -0.384 e. The van der Waals surface area contributed by atoms with Gasteiger partial charge in [-0.1, -0.05) is 39.5 Å². The first-order valence-electron chi connectivity index (χ1n) is 6.77. The molecule has 1 aromatic rings. The molecule has 0 radical (unpaired) electrons. The van der Waals surface area contributed by atoms with Gasteiger partial charge in [0.25, 0.3) is 0 Å². The van der Waals surface area contributed by atoms with Gasteiger partial charge in [0.2, 0.25) is 5.91 Å². The molecule has 0 saturated heterocycles. The number of aliphatic hydroxyl groups excluding tert-OH is 1. The molecule has 1 amide bonds. The van der Waals surface area contributed by atoms with Gasteiger partial charge in [0.05, 0.1) is 6.54 Å². The van der Waals surface area contributed by atoms with E-state index in [0.717, 1.165) is 10.4 Å². The highest BCUT2D eigenvalue weighted by Gasteiger charge is 2.22. The SMILES string of the molecule is CC(CC(=O)NCc1sccc1C#CCO)C(C)(C)C. The van der Waals surface area contributed by atoms with Crippen LogP contribution in [0.4, 0.5) is 0 Å². The lowest BCUT2D eigenvalue weighted by Gasteiger charge is -2.26. The van der Waals surface area contributed by atoms with E-state index in [1.54, 1.807) is 11.3 Å². The van der Waals surface area contributed by atoms with Crippen molar-refractivity contribution in [2.75, 3.05) is 6.61 Å². The van der Waals surface area contributed by atoms with E-state index in [4.69, 9.17) is 5.11 Å². The number of carbonyl (C=O) groups excluding carboxylic acids is 1. The third kappa shape index (κ3) is 5.36. The fraction of sp³-hybridized carbons (Fsp3) is 0.562. The van der Waals surface area contributed by atoms with Gasteiger partial charge in [0, 0.05) is 16.9 Å². The maximum absolute atomic E-state index is 11.9. The molecule has 1 heterocycles. The van der Waals surface area contributed by atoms with Gasteiger partial charge >= 0.3 is 0 Å². The summed E-state index contributed by atoms with van der Waals surface area (Å²) in [6.45, 7) is 8.89. The molecule has 1 aromatic heterocycles. The van der Waals surface area contributed by atoms with Crippen LogP contribution >= 0.6 is 11.3 Å². The normalized spacial score (nSPS) is 12.4. The smallest absolute Gasteiger partial charge is 0.220 e. The minimum atomic E-state index is -0.148. The lowest BCUT2D eigenvalue weighted by Crippen LogP contribution is -2.28. The Morgan fingerprint density at radius 2 is 2.20 bits per heavy atom. The quantitative estimate of drug-likeness (QED) is 0.839. The molecular weight excluding hydrogens is 270 g/mol. The maximum Gasteiger partial charge on any atom is 0.220 e. The van der Waals surface area contributed by atoms with Crippen molar-refractivity contribution >= 4 is 17.2 Å². The zero-order valence-electron chi connectivity index (χ0n) is 12.6. The Balaban J connectivity index is 2.52. The van der Waals surface area contributed by atoms with Crippen LogP contribution < -0.4 is 5.32 Å². The summed E-state index contributed by atoms with van der Waals surface area (Å²) < 4.78 is 0. The van der Waals surface area contributed by atoms with Gasteiger partial charge in [-0.05, 0) is 22.8 Å². The standard InChI is InChI=1S/C16H23NO2S/c1-12(16(2,3)4)10-15(19)17-11-14-13(6-5-8-18)7-9-20-14/h7,9,12,18H,8,10-11H2,1-4H3,(H,17,19). The van der Waals surface area contributed by atoms with Crippen molar-refractivity contribution in [1.82, 2.24) is 5.32 Å². The van der Waals surface area contributed by atoms with E-state index in [-0.39, 0.29) is 17.9 Å². The molecule has 3 nitrogen and oxygen atoms in total. The van der Waals surface area contributed by atoms with Gasteiger partial charge in [-0.3, -0.25) is 4.79 Å². The van der Waals surface area contributed by atoms with Gasteiger partial charge in [-0.25, -0.2) is 0 Å². The van der Waals surface area contributed by atoms with Crippen molar-refractivity contribution in [2.24, 2.45) is 11.3 Å². The Morgan fingerprint density at radius 1 is 1.50 bits per heavy atom. The van der Waals surface area contributed by atoms with Gasteiger partial charge in [-0.2, -0.15) is 0 Å². The lowest BCUT2D eigenvalue weighted by molar-refractivity contribution is -0.122. The fourth-order valence-electron chi connectivity index (χ4n) is 1.56. The Morgan fingerprint density at radius 3 is 2.80 bits per heavy atom. The zero-order chi connectivity index (χ0) is 15.2. The van der Waals surface area contributed by atoms with E-state index < -0.39 is 0 Å². The predicted molar refractivity (Wildman–Crippen MR) is 83.4 cm³/mol. The fourth-order valence-corrected chi connectivity index (χ4v) is 2.33. The van der Waals surface area contributed by atoms with Crippen molar-refractivity contribution in [3.8, 4) is 11.8 Å². The van der Waals surface area contributed by atoms with Gasteiger partial charge < -0.3 is 10.4 Å². The largest absolute Gasteiger partial charge is 0.384 e. The van der Waals surface area contributed by atoms with E-state index in [0.29, 0.717) is 18.9 Å². The zero-order valence-corrected chi connectivity index (χ0v) is 13.4. The van der Waals surface area contributed by atoms with E-state index in [9.17, 15) is 4.79 Å². The highest BCUT2D eigenvalue weighted by Crippen LogP contribution is 2.27. The second-order valence-electron chi connectivity index (χ2n) is 5.97. The molecule has 110 valence electrons. The molecule has 1 unspecified atom stereocenters. The molecular formula is C16H23NO2S. The summed E-state index contributed by atoms with van der Waals surface area (Å²) in [5.74, 6) is 5.93. The summed E-state index contributed by atoms with van der Waals surface area (Å²) in [4.78, 5) is 13.0. The van der Waals surface area contributed by atoms with Crippen molar-refractivity contribution in [1.29, 1.82) is 0 Å². The average Bonchev–Trinajstić information content (AvgIpc) is 2.80. The highest BCUT2D eigenvalue weighted by atomic mass is 32.1. The summed E-state index contributed by atoms with van der Waals surface area (Å²) in [7, 11) is 0. The molecule has 0 bridgehead atoms. The Kier molecular flexibility index (Phi) is 6.25. The molecule has 0 spiro atoms. The first kappa shape index (κ1) is 16.7. The monoisotopic (exact) mass is 293 g/mol. The van der Waals surface area contributed by atoms with Crippen molar-refractivity contribution in [2.45, 2.75) is 40.7 Å². The third-order valence-electron chi connectivity index (χ3n) is 3.46. The Labute approximate surface area is 125 Å². The molecule has 0 fully saturated rings. The van der Waals surface area contributed by atoms with Gasteiger partial charge in [0.1, 0.15) is 6.61 Å². The van der Waals surface area contributed by atoms with Crippen molar-refractivity contribution in [3.05, 3.63) is 21.9 Å². The molecule has 0 aliphatic rings. The molecule has 0 saturated carbocycles. The first-order valence-corrected chi connectivity index (χ1v) is 7.65. The number of hydrogen-bond acceptors (Lipinski definition) is 3. The molecule has 2 N–H and O–H groups in total. The lowest BCUT2D eigenvalue weighted by atomic mass is 9.80. The summed E-state index contributed by atoms with van der Waals surface area (Å²) in [5.41, 5.74) is 1.02. The summed E-state index contributed by atoms with van der Waals surface area (Å²) in [6.07, 6.45) is 0.534. The average molecular weight is 293 g/mol. The van der Waals surface area contributed by atoms with E-state index >= 15 is 0 Å². The van der Waals surface area contributed by atoms with Crippen LogP contribution in [0.25, 0.3) is 0 Å². The van der Waals surface area contributed by atoms with Gasteiger partial charge in [-0.15, -0.1) is 11.3 Å². The molecule has 20 heavy (non-hydrogen) atoms. The Bertz CT molecular complexity index is 503. The van der Waals surface area contributed by atoms with Crippen LogP contribution in [0.2, 0.25) is 0 Å². The third-order valence-corrected chi connectivity index (χ3v) is 4.38. The van der Waals surface area contributed by atoms with Gasteiger partial charge in [0.15, 0.2) is 0 Å². The second kappa shape index (κ2) is 7.47. The van der Waals surface area contributed by atoms with Crippen LogP contribution in [0.3, 0.4) is 0 Å². The van der Waals surface area contributed by atoms with E-state index in [1.807, 2.05) is 11.4 Å². The number of nitrogens with one attached hydrogen (secondary N) is 1. The molecule has 0 aliphatic heterocycles. The van der Waals surface area contributed by atoms with Crippen LogP contribution in [0.5, 0.6) is 0 Å². The first-order chi connectivity index (χ1) is 9.34. The minimum absolute atomic E-state index is 0.0712. The summed E-state index contributed by atoms with van der Waals surface area (Å²) in [6, 6.07) is 1.91. The van der Waals surface area contributed by atoms with Crippen molar-refractivity contribution < 1.29 is 9.90 Å². The number of aliphatic hydroxyl groups is 1. The number of amides is 1. The van der Waals surface area contributed by atoms with Crippen LogP contribution in [-0.4, -0.2) is 17.6 Å². The molecule has 0 aromatic carbocycles. The molecule has 0 aliphatic carbocycles. The van der Waals surface area contributed by atoms with E-state index in [2.05, 4.69) is 44.9 Å². The maximum atomic E-state index is 11.9. The highest BCUT2D eigenvalue weighted by molar-refractivity contribution is 7.10. The van der Waals surface area contributed by atoms with E-state index in [1.165, 1.54) is 0 Å². The Hall–Kier alpha value is -1.31. The molecule has 1 rings (SSSR count). The van der Waals surface area contributed by atoms with Crippen molar-refractivity contribution in [3.63, 3.8) is 0 Å². The summed E-state index contributed by atoms with van der Waals surface area (Å²) in [5, 5.41) is 13.6.